The van der Waals surface area contributed by atoms with E-state index in [2.05, 4.69) is 15.6 Å². The Labute approximate surface area is 166 Å². The maximum atomic E-state index is 13.5. The molecule has 8 heteroatoms. The van der Waals surface area contributed by atoms with E-state index in [-0.39, 0.29) is 16.1 Å². The minimum atomic E-state index is -3.75. The molecule has 0 amide bonds. The lowest BCUT2D eigenvalue weighted by Gasteiger charge is -2.27. The van der Waals surface area contributed by atoms with Crippen LogP contribution in [0, 0.1) is 5.82 Å². The number of hydrogen-bond donors (Lipinski definition) is 3. The van der Waals surface area contributed by atoms with E-state index in [9.17, 15) is 12.8 Å². The van der Waals surface area contributed by atoms with Crippen molar-refractivity contribution in [1.82, 2.24) is 10.6 Å². The number of sulfonamides is 1. The first-order valence-electron chi connectivity index (χ1n) is 9.02. The maximum Gasteiger partial charge on any atom is 0.238 e. The number of rotatable bonds is 7. The molecule has 0 heterocycles. The average molecular weight is 407 g/mol. The molecule has 0 atom stereocenters. The Balaban J connectivity index is 2.10. The van der Waals surface area contributed by atoms with Crippen molar-refractivity contribution in [2.45, 2.75) is 37.6 Å². The Morgan fingerprint density at radius 3 is 2.50 bits per heavy atom. The molecule has 0 saturated carbocycles. The summed E-state index contributed by atoms with van der Waals surface area (Å²) in [6.45, 7) is 7.50. The molecule has 0 radical (unpaired) electrons. The monoisotopic (exact) mass is 406 g/mol. The highest BCUT2D eigenvalue weighted by molar-refractivity contribution is 7.89. The summed E-state index contributed by atoms with van der Waals surface area (Å²) in [6, 6.07) is 12.9. The Hall–Kier alpha value is -2.45. The van der Waals surface area contributed by atoms with E-state index in [4.69, 9.17) is 5.14 Å². The summed E-state index contributed by atoms with van der Waals surface area (Å²) in [4.78, 5) is 4.57. The summed E-state index contributed by atoms with van der Waals surface area (Å²) in [7, 11) is -3.75. The quantitative estimate of drug-likeness (QED) is 0.486. The third kappa shape index (κ3) is 6.31. The second-order valence-corrected chi connectivity index (χ2v) is 8.70. The predicted octanol–water partition coefficient (Wildman–Crippen LogP) is 2.51. The summed E-state index contributed by atoms with van der Waals surface area (Å²) in [5, 5.41) is 11.6. The van der Waals surface area contributed by atoms with Gasteiger partial charge in [0.05, 0.1) is 11.4 Å². The zero-order valence-corrected chi connectivity index (χ0v) is 17.2. The molecular weight excluding hydrogens is 379 g/mol. The van der Waals surface area contributed by atoms with Gasteiger partial charge in [0.25, 0.3) is 0 Å². The van der Waals surface area contributed by atoms with Crippen LogP contribution in [0.15, 0.2) is 58.4 Å². The zero-order valence-electron chi connectivity index (χ0n) is 16.4. The molecule has 6 nitrogen and oxygen atoms in total. The fraction of sp³-hybridized carbons (Fsp3) is 0.350. The van der Waals surface area contributed by atoms with Gasteiger partial charge in [-0.05, 0) is 42.3 Å². The summed E-state index contributed by atoms with van der Waals surface area (Å²) < 4.78 is 36.5. The Kier molecular flexibility index (Phi) is 7.15. The highest BCUT2D eigenvalue weighted by atomic mass is 32.2. The van der Waals surface area contributed by atoms with Gasteiger partial charge >= 0.3 is 0 Å². The minimum Gasteiger partial charge on any atom is -0.357 e. The van der Waals surface area contributed by atoms with Crippen LogP contribution in [0.5, 0.6) is 0 Å². The van der Waals surface area contributed by atoms with Gasteiger partial charge in [-0.15, -0.1) is 0 Å². The molecule has 2 rings (SSSR count). The average Bonchev–Trinajstić information content (AvgIpc) is 2.63. The second-order valence-electron chi connectivity index (χ2n) is 7.14. The van der Waals surface area contributed by atoms with Gasteiger partial charge in [-0.25, -0.2) is 22.9 Å². The highest BCUT2D eigenvalue weighted by Crippen LogP contribution is 2.22. The number of guanidine groups is 1. The first kappa shape index (κ1) is 21.8. The molecule has 0 aliphatic rings. The fourth-order valence-electron chi connectivity index (χ4n) is 2.65. The third-order valence-corrected chi connectivity index (χ3v) is 5.21. The number of hydrogen-bond acceptors (Lipinski definition) is 3. The molecule has 2 aromatic carbocycles. The lowest BCUT2D eigenvalue weighted by Crippen LogP contribution is -2.43. The predicted molar refractivity (Wildman–Crippen MR) is 110 cm³/mol. The van der Waals surface area contributed by atoms with E-state index in [1.807, 2.05) is 26.8 Å². The van der Waals surface area contributed by atoms with Crippen LogP contribution in [0.2, 0.25) is 0 Å². The maximum absolute atomic E-state index is 13.5. The minimum absolute atomic E-state index is 0.0606. The molecule has 0 aromatic heterocycles. The number of nitrogens with two attached hydrogens (primary N) is 1. The number of aliphatic imine (C=N–C) groups is 1. The molecule has 0 unspecified atom stereocenters. The number of nitrogens with one attached hydrogen (secondary N) is 2. The van der Waals surface area contributed by atoms with Gasteiger partial charge in [0.1, 0.15) is 5.82 Å². The van der Waals surface area contributed by atoms with Crippen LogP contribution in [-0.4, -0.2) is 27.5 Å². The van der Waals surface area contributed by atoms with Crippen molar-refractivity contribution >= 4 is 16.0 Å². The van der Waals surface area contributed by atoms with Gasteiger partial charge in [-0.1, -0.05) is 38.1 Å². The highest BCUT2D eigenvalue weighted by Gasteiger charge is 2.21. The van der Waals surface area contributed by atoms with Crippen molar-refractivity contribution in [2.24, 2.45) is 10.1 Å². The lowest BCUT2D eigenvalue weighted by atomic mass is 9.84. The summed E-state index contributed by atoms with van der Waals surface area (Å²) in [6.07, 6.45) is 0. The van der Waals surface area contributed by atoms with Crippen molar-refractivity contribution in [3.8, 4) is 0 Å². The second kappa shape index (κ2) is 9.16. The summed E-state index contributed by atoms with van der Waals surface area (Å²) in [5.41, 5.74) is 1.30. The molecule has 0 aliphatic heterocycles. The Morgan fingerprint density at radius 1 is 1.14 bits per heavy atom. The molecule has 0 spiro atoms. The van der Waals surface area contributed by atoms with Gasteiger partial charge in [0.2, 0.25) is 10.0 Å². The van der Waals surface area contributed by atoms with E-state index in [1.54, 1.807) is 18.2 Å². The molecule has 2 aromatic rings. The normalized spacial score (nSPS) is 12.7. The van der Waals surface area contributed by atoms with Crippen LogP contribution >= 0.6 is 0 Å². The fourth-order valence-corrected chi connectivity index (χ4v) is 3.23. The van der Waals surface area contributed by atoms with Gasteiger partial charge < -0.3 is 10.6 Å². The number of benzene rings is 2. The number of nitrogens with zero attached hydrogens (tertiary/aromatic N) is 1. The number of halogens is 1. The van der Waals surface area contributed by atoms with Gasteiger partial charge in [0, 0.05) is 18.5 Å². The Bertz CT molecular complexity index is 943. The molecule has 152 valence electrons. The Morgan fingerprint density at radius 2 is 1.86 bits per heavy atom. The molecule has 0 aliphatic carbocycles. The zero-order chi connectivity index (χ0) is 20.8. The largest absolute Gasteiger partial charge is 0.357 e. The topological polar surface area (TPSA) is 96.6 Å². The molecule has 0 fully saturated rings. The molecular formula is C20H27FN4O2S. The molecule has 4 N–H and O–H groups in total. The van der Waals surface area contributed by atoms with Crippen molar-refractivity contribution in [3.05, 3.63) is 65.5 Å². The van der Waals surface area contributed by atoms with Crippen molar-refractivity contribution in [2.75, 3.05) is 13.1 Å². The smallest absolute Gasteiger partial charge is 0.238 e. The van der Waals surface area contributed by atoms with Crippen LogP contribution in [0.1, 0.15) is 31.9 Å². The molecule has 0 saturated heterocycles. The van der Waals surface area contributed by atoms with E-state index < -0.39 is 10.0 Å². The molecule has 28 heavy (non-hydrogen) atoms. The third-order valence-electron chi connectivity index (χ3n) is 4.29. The molecule has 0 bridgehead atoms. The van der Waals surface area contributed by atoms with Crippen LogP contribution in [0.25, 0.3) is 0 Å². The van der Waals surface area contributed by atoms with Crippen molar-refractivity contribution in [3.63, 3.8) is 0 Å². The number of primary sulfonamides is 1. The standard InChI is InChI=1S/C20H27FN4O2S/c1-4-23-19(24-13-15-7-5-10-18(11-15)28(22,26)27)25-14-20(2,3)16-8-6-9-17(21)12-16/h5-12H,4,13-14H2,1-3H3,(H2,22,26,27)(H2,23,24,25). The van der Waals surface area contributed by atoms with Crippen molar-refractivity contribution in [1.29, 1.82) is 0 Å². The van der Waals surface area contributed by atoms with E-state index in [0.717, 1.165) is 11.1 Å². The summed E-state index contributed by atoms with van der Waals surface area (Å²) in [5.74, 6) is 0.328. The lowest BCUT2D eigenvalue weighted by molar-refractivity contribution is 0.503. The van der Waals surface area contributed by atoms with E-state index in [0.29, 0.717) is 25.6 Å². The van der Waals surface area contributed by atoms with E-state index in [1.165, 1.54) is 24.3 Å². The van der Waals surface area contributed by atoms with E-state index >= 15 is 0 Å². The SMILES string of the molecule is CCNC(=NCc1cccc(S(N)(=O)=O)c1)NCC(C)(C)c1cccc(F)c1. The first-order chi connectivity index (χ1) is 13.1. The van der Waals surface area contributed by atoms with Crippen LogP contribution < -0.4 is 15.8 Å². The van der Waals surface area contributed by atoms with Crippen LogP contribution in [0.4, 0.5) is 4.39 Å². The van der Waals surface area contributed by atoms with Gasteiger partial charge in [-0.2, -0.15) is 0 Å². The van der Waals surface area contributed by atoms with Crippen molar-refractivity contribution < 1.29 is 12.8 Å². The van der Waals surface area contributed by atoms with Crippen LogP contribution in [-0.2, 0) is 22.0 Å². The van der Waals surface area contributed by atoms with Crippen LogP contribution in [0.3, 0.4) is 0 Å². The van der Waals surface area contributed by atoms with Gasteiger partial charge in [0.15, 0.2) is 5.96 Å². The summed E-state index contributed by atoms with van der Waals surface area (Å²) >= 11 is 0. The van der Waals surface area contributed by atoms with Gasteiger partial charge in [-0.3, -0.25) is 0 Å². The first-order valence-corrected chi connectivity index (χ1v) is 10.6.